The summed E-state index contributed by atoms with van der Waals surface area (Å²) >= 11 is 0. The van der Waals surface area contributed by atoms with Gasteiger partial charge in [0.1, 0.15) is 7.14 Å². The highest BCUT2D eigenvalue weighted by atomic mass is 31.2. The molecule has 0 bridgehead atoms. The van der Waals surface area contributed by atoms with E-state index in [1.807, 2.05) is 60.7 Å². The minimum Gasteiger partial charge on any atom is -0.378 e. The van der Waals surface area contributed by atoms with Crippen LogP contribution >= 0.6 is 7.14 Å². The Bertz CT molecular complexity index is 1010. The highest BCUT2D eigenvalue weighted by Gasteiger charge is 2.68. The van der Waals surface area contributed by atoms with Crippen LogP contribution in [-0.2, 0) is 18.8 Å². The minimum atomic E-state index is -2.75. The van der Waals surface area contributed by atoms with Crippen molar-refractivity contribution < 1.29 is 18.8 Å². The first-order valence-electron chi connectivity index (χ1n) is 12.6. The summed E-state index contributed by atoms with van der Waals surface area (Å²) in [4.78, 5) is 0. The van der Waals surface area contributed by atoms with Crippen LogP contribution in [0, 0.1) is 5.92 Å². The quantitative estimate of drug-likeness (QED) is 0.271. The van der Waals surface area contributed by atoms with Gasteiger partial charge < -0.3 is 18.8 Å². The van der Waals surface area contributed by atoms with Gasteiger partial charge in [-0.05, 0) is 46.5 Å². The van der Waals surface area contributed by atoms with E-state index in [4.69, 9.17) is 14.2 Å². The zero-order valence-electron chi connectivity index (χ0n) is 20.6. The molecule has 0 unspecified atom stereocenters. The average molecular weight is 481 g/mol. The summed E-state index contributed by atoms with van der Waals surface area (Å²) in [6, 6.07) is 19.7. The molecule has 3 aliphatic rings. The number of epoxide rings is 2. The summed E-state index contributed by atoms with van der Waals surface area (Å²) in [5.74, 6) is 0.351. The molecule has 0 amide bonds. The van der Waals surface area contributed by atoms with E-state index in [1.165, 1.54) is 5.57 Å². The fraction of sp³-hybridized carbons (Fsp3) is 0.517. The van der Waals surface area contributed by atoms with Gasteiger partial charge >= 0.3 is 0 Å². The molecule has 2 aliphatic heterocycles. The van der Waals surface area contributed by atoms with Gasteiger partial charge in [-0.3, -0.25) is 0 Å². The van der Waals surface area contributed by atoms with Gasteiger partial charge in [0.05, 0.1) is 36.6 Å². The predicted octanol–water partition coefficient (Wildman–Crippen LogP) is 5.47. The van der Waals surface area contributed by atoms with Gasteiger partial charge in [-0.1, -0.05) is 72.3 Å². The lowest BCUT2D eigenvalue weighted by atomic mass is 9.70. The Kier molecular flexibility index (Phi) is 6.63. The second-order valence-electron chi connectivity index (χ2n) is 10.6. The third-order valence-corrected chi connectivity index (χ3v) is 11.1. The Morgan fingerprint density at radius 1 is 1.09 bits per heavy atom. The Labute approximate surface area is 204 Å². The third-order valence-electron chi connectivity index (χ3n) is 8.05. The second-order valence-corrected chi connectivity index (χ2v) is 13.6. The fourth-order valence-corrected chi connectivity index (χ4v) is 8.30. The molecule has 0 radical (unpaired) electrons. The molecule has 0 aromatic heterocycles. The summed E-state index contributed by atoms with van der Waals surface area (Å²) < 4.78 is 33.0. The maximum Gasteiger partial charge on any atom is 0.145 e. The molecule has 1 saturated carbocycles. The molecule has 5 rings (SSSR count). The molecule has 5 atom stereocenters. The standard InChI is InChI=1S/C29H37O4P/c1-22(2)14-15-27-28(3,33-27)26-20-23(16-17-29(26)21-32-29)31-18-19-34(30,24-10-6-4-7-11-24)25-12-8-5-9-13-25/h4-14,23,26-27H,15-21H2,1-3H3/t23-,26-,27-,28-,29+/m1/s1. The van der Waals surface area contributed by atoms with Crippen molar-refractivity contribution in [3.63, 3.8) is 0 Å². The first-order valence-corrected chi connectivity index (χ1v) is 14.5. The number of benzene rings is 2. The highest BCUT2D eigenvalue weighted by molar-refractivity contribution is 7.78. The van der Waals surface area contributed by atoms with E-state index in [2.05, 4.69) is 26.8 Å². The Balaban J connectivity index is 1.24. The van der Waals surface area contributed by atoms with Crippen molar-refractivity contribution in [3.05, 3.63) is 72.3 Å². The molecule has 1 spiro atoms. The first kappa shape index (κ1) is 24.0. The summed E-state index contributed by atoms with van der Waals surface area (Å²) in [6.45, 7) is 7.87. The summed E-state index contributed by atoms with van der Waals surface area (Å²) in [5, 5.41) is 1.80. The summed E-state index contributed by atoms with van der Waals surface area (Å²) in [5.41, 5.74) is 1.19. The highest BCUT2D eigenvalue weighted by Crippen LogP contribution is 2.59. The molecule has 4 nitrogen and oxygen atoms in total. The van der Waals surface area contributed by atoms with Crippen LogP contribution in [0.2, 0.25) is 0 Å². The van der Waals surface area contributed by atoms with E-state index >= 15 is 0 Å². The molecule has 2 aromatic rings. The van der Waals surface area contributed by atoms with Gasteiger partial charge in [-0.25, -0.2) is 0 Å². The van der Waals surface area contributed by atoms with Crippen molar-refractivity contribution in [1.29, 1.82) is 0 Å². The fourth-order valence-electron chi connectivity index (χ4n) is 5.82. The normalized spacial score (nSPS) is 32.4. The maximum absolute atomic E-state index is 14.2. The van der Waals surface area contributed by atoms with Crippen LogP contribution in [0.5, 0.6) is 0 Å². The minimum absolute atomic E-state index is 0.0162. The predicted molar refractivity (Wildman–Crippen MR) is 138 cm³/mol. The van der Waals surface area contributed by atoms with Gasteiger partial charge in [0.25, 0.3) is 0 Å². The lowest BCUT2D eigenvalue weighted by molar-refractivity contribution is -0.0254. The second kappa shape index (κ2) is 9.39. The molecule has 182 valence electrons. The van der Waals surface area contributed by atoms with E-state index in [0.717, 1.165) is 42.9 Å². The smallest absolute Gasteiger partial charge is 0.145 e. The topological polar surface area (TPSA) is 51.4 Å². The third kappa shape index (κ3) is 4.71. The molecule has 2 aromatic carbocycles. The molecule has 1 aliphatic carbocycles. The van der Waals surface area contributed by atoms with Gasteiger partial charge in [0.2, 0.25) is 0 Å². The Hall–Kier alpha value is -1.71. The van der Waals surface area contributed by atoms with Crippen molar-refractivity contribution in [3.8, 4) is 0 Å². The number of hydrogen-bond donors (Lipinski definition) is 0. The zero-order chi connectivity index (χ0) is 23.8. The first-order chi connectivity index (χ1) is 16.4. The maximum atomic E-state index is 14.2. The summed E-state index contributed by atoms with van der Waals surface area (Å²) in [6.07, 6.45) is 7.14. The van der Waals surface area contributed by atoms with E-state index in [-0.39, 0.29) is 23.4 Å². The van der Waals surface area contributed by atoms with Crippen molar-refractivity contribution in [2.45, 2.75) is 69.9 Å². The average Bonchev–Trinajstić information content (AvgIpc) is 3.77. The van der Waals surface area contributed by atoms with Crippen molar-refractivity contribution in [2.24, 2.45) is 5.92 Å². The van der Waals surface area contributed by atoms with E-state index in [0.29, 0.717) is 18.7 Å². The van der Waals surface area contributed by atoms with Crippen molar-refractivity contribution in [1.82, 2.24) is 0 Å². The molecule has 2 saturated heterocycles. The largest absolute Gasteiger partial charge is 0.378 e. The Morgan fingerprint density at radius 3 is 2.26 bits per heavy atom. The van der Waals surface area contributed by atoms with Gasteiger partial charge in [0.15, 0.2) is 0 Å². The molecular formula is C29H37O4P. The van der Waals surface area contributed by atoms with Crippen LogP contribution in [0.4, 0.5) is 0 Å². The summed E-state index contributed by atoms with van der Waals surface area (Å²) in [7, 11) is -2.75. The molecule has 5 heteroatoms. The SMILES string of the molecule is CC(C)=CC[C@H]1O[C@]1(C)[C@H]1C[C@H](OCCP(=O)(c2ccccc2)c2ccccc2)CC[C@]12CO2. The van der Waals surface area contributed by atoms with Crippen LogP contribution in [0.25, 0.3) is 0 Å². The molecule has 34 heavy (non-hydrogen) atoms. The number of rotatable bonds is 9. The molecule has 3 fully saturated rings. The monoisotopic (exact) mass is 480 g/mol. The van der Waals surface area contributed by atoms with Crippen molar-refractivity contribution in [2.75, 3.05) is 19.4 Å². The lowest BCUT2D eigenvalue weighted by Gasteiger charge is -2.37. The zero-order valence-corrected chi connectivity index (χ0v) is 21.5. The molecule has 2 heterocycles. The van der Waals surface area contributed by atoms with E-state index in [1.54, 1.807) is 0 Å². The number of allylic oxidation sites excluding steroid dienone is 1. The number of ether oxygens (including phenoxy) is 3. The van der Waals surface area contributed by atoms with Crippen LogP contribution in [0.3, 0.4) is 0 Å². The Morgan fingerprint density at radius 2 is 1.71 bits per heavy atom. The van der Waals surface area contributed by atoms with Crippen LogP contribution in [-0.4, -0.2) is 42.8 Å². The lowest BCUT2D eigenvalue weighted by Crippen LogP contribution is -2.44. The van der Waals surface area contributed by atoms with Gasteiger partial charge in [-0.2, -0.15) is 0 Å². The molecular weight excluding hydrogens is 443 g/mol. The van der Waals surface area contributed by atoms with Crippen molar-refractivity contribution >= 4 is 17.8 Å². The number of hydrogen-bond acceptors (Lipinski definition) is 4. The van der Waals surface area contributed by atoms with Gasteiger partial charge in [0, 0.05) is 22.7 Å². The van der Waals surface area contributed by atoms with E-state index in [9.17, 15) is 4.57 Å². The van der Waals surface area contributed by atoms with Crippen LogP contribution < -0.4 is 10.6 Å². The molecule has 0 N–H and O–H groups in total. The van der Waals surface area contributed by atoms with Crippen LogP contribution in [0.1, 0.15) is 46.5 Å². The van der Waals surface area contributed by atoms with Gasteiger partial charge in [-0.15, -0.1) is 0 Å². The van der Waals surface area contributed by atoms with E-state index < -0.39 is 7.14 Å². The van der Waals surface area contributed by atoms with Crippen LogP contribution in [0.15, 0.2) is 72.3 Å².